The number of carbonyl (C=O) groups is 1. The molecule has 1 amide bonds. The molecule has 0 saturated heterocycles. The molecule has 142 valence electrons. The van der Waals surface area contributed by atoms with Crippen LogP contribution in [0, 0.1) is 5.82 Å². The van der Waals surface area contributed by atoms with Gasteiger partial charge in [0.25, 0.3) is 5.79 Å². The van der Waals surface area contributed by atoms with Gasteiger partial charge < -0.3 is 19.5 Å². The van der Waals surface area contributed by atoms with Gasteiger partial charge in [-0.2, -0.15) is 0 Å². The Balaban J connectivity index is 1.41. The highest BCUT2D eigenvalue weighted by Crippen LogP contribution is 2.46. The predicted molar refractivity (Wildman–Crippen MR) is 98.8 cm³/mol. The van der Waals surface area contributed by atoms with E-state index in [-0.39, 0.29) is 18.1 Å². The van der Waals surface area contributed by atoms with Gasteiger partial charge in [0.05, 0.1) is 13.5 Å². The number of anilines is 1. The highest BCUT2D eigenvalue weighted by atomic mass is 19.1. The van der Waals surface area contributed by atoms with Crippen LogP contribution in [0.15, 0.2) is 36.4 Å². The van der Waals surface area contributed by atoms with E-state index in [1.165, 1.54) is 25.7 Å². The number of hydrogen-bond donors (Lipinski definition) is 1. The fourth-order valence-electron chi connectivity index (χ4n) is 3.68. The minimum absolute atomic E-state index is 0.0687. The topological polar surface area (TPSA) is 56.8 Å². The van der Waals surface area contributed by atoms with Crippen LogP contribution in [-0.4, -0.2) is 18.8 Å². The maximum atomic E-state index is 13.8. The lowest BCUT2D eigenvalue weighted by Crippen LogP contribution is -2.40. The van der Waals surface area contributed by atoms with Gasteiger partial charge in [-0.25, -0.2) is 4.39 Å². The molecule has 1 fully saturated rings. The highest BCUT2D eigenvalue weighted by molar-refractivity contribution is 5.92. The van der Waals surface area contributed by atoms with E-state index in [4.69, 9.17) is 14.2 Å². The summed E-state index contributed by atoms with van der Waals surface area (Å²) in [5.74, 6) is 0.280. The molecule has 1 aliphatic heterocycles. The lowest BCUT2D eigenvalue weighted by molar-refractivity contribution is -0.115. The van der Waals surface area contributed by atoms with E-state index in [0.717, 1.165) is 25.7 Å². The van der Waals surface area contributed by atoms with E-state index >= 15 is 0 Å². The quantitative estimate of drug-likeness (QED) is 0.863. The number of hydrogen-bond acceptors (Lipinski definition) is 4. The third-order valence-electron chi connectivity index (χ3n) is 5.02. The second kappa shape index (κ2) is 7.10. The first-order chi connectivity index (χ1) is 13.1. The number of fused-ring (bicyclic) bond motifs is 1. The van der Waals surface area contributed by atoms with Gasteiger partial charge in [-0.1, -0.05) is 12.5 Å². The summed E-state index contributed by atoms with van der Waals surface area (Å²) in [4.78, 5) is 12.3. The molecule has 0 radical (unpaired) electrons. The summed E-state index contributed by atoms with van der Waals surface area (Å²) in [6.07, 6.45) is 5.22. The molecule has 4 rings (SSSR count). The lowest BCUT2D eigenvalue weighted by atomic mass is 9.94. The van der Waals surface area contributed by atoms with Gasteiger partial charge >= 0.3 is 0 Å². The molecule has 1 saturated carbocycles. The smallest absolute Gasteiger partial charge is 0.251 e. The first kappa shape index (κ1) is 17.6. The molecule has 0 atom stereocenters. The molecule has 0 aromatic heterocycles. The second-order valence-corrected chi connectivity index (χ2v) is 7.03. The van der Waals surface area contributed by atoms with Crippen molar-refractivity contribution in [1.29, 1.82) is 0 Å². The number of rotatable bonds is 4. The molecule has 0 unspecified atom stereocenters. The molecule has 1 N–H and O–H groups in total. The number of nitrogens with one attached hydrogen (secondary N) is 1. The van der Waals surface area contributed by atoms with Crippen LogP contribution in [0.3, 0.4) is 0 Å². The molecule has 2 aromatic carbocycles. The molecule has 1 spiro atoms. The molecule has 27 heavy (non-hydrogen) atoms. The summed E-state index contributed by atoms with van der Waals surface area (Å²) >= 11 is 0. The molecule has 1 heterocycles. The van der Waals surface area contributed by atoms with Crippen molar-refractivity contribution in [2.75, 3.05) is 12.4 Å². The number of benzene rings is 2. The van der Waals surface area contributed by atoms with Crippen LogP contribution in [0.2, 0.25) is 0 Å². The van der Waals surface area contributed by atoms with Gasteiger partial charge in [-0.15, -0.1) is 0 Å². The zero-order valence-corrected chi connectivity index (χ0v) is 15.2. The predicted octanol–water partition coefficient (Wildman–Crippen LogP) is 4.45. The van der Waals surface area contributed by atoms with Crippen LogP contribution >= 0.6 is 0 Å². The van der Waals surface area contributed by atoms with E-state index in [9.17, 15) is 9.18 Å². The third kappa shape index (κ3) is 3.70. The molecule has 2 aromatic rings. The van der Waals surface area contributed by atoms with Gasteiger partial charge in [-0.05, 0) is 42.7 Å². The van der Waals surface area contributed by atoms with Gasteiger partial charge in [0.2, 0.25) is 5.91 Å². The summed E-state index contributed by atoms with van der Waals surface area (Å²) in [6, 6.07) is 9.89. The Kier molecular flexibility index (Phi) is 4.64. The van der Waals surface area contributed by atoms with Crippen LogP contribution in [0.1, 0.15) is 37.7 Å². The average molecular weight is 371 g/mol. The maximum absolute atomic E-state index is 13.8. The lowest BCUT2D eigenvalue weighted by Gasteiger charge is -2.31. The number of ether oxygens (including phenoxy) is 3. The van der Waals surface area contributed by atoms with Crippen LogP contribution in [0.5, 0.6) is 17.2 Å². The van der Waals surface area contributed by atoms with E-state index in [1.54, 1.807) is 18.2 Å². The number of carbonyl (C=O) groups excluding carboxylic acids is 1. The first-order valence-electron chi connectivity index (χ1n) is 9.21. The van der Waals surface area contributed by atoms with Crippen LogP contribution in [0.4, 0.5) is 10.1 Å². The number of halogens is 1. The van der Waals surface area contributed by atoms with Gasteiger partial charge in [-0.3, -0.25) is 4.79 Å². The average Bonchev–Trinajstić information content (AvgIpc) is 2.99. The summed E-state index contributed by atoms with van der Waals surface area (Å²) < 4.78 is 30.8. The summed E-state index contributed by atoms with van der Waals surface area (Å²) in [5.41, 5.74) is 1.21. The Morgan fingerprint density at radius 1 is 1.11 bits per heavy atom. The van der Waals surface area contributed by atoms with Gasteiger partial charge in [0, 0.05) is 24.6 Å². The van der Waals surface area contributed by atoms with E-state index < -0.39 is 11.6 Å². The minimum Gasteiger partial charge on any atom is -0.494 e. The maximum Gasteiger partial charge on any atom is 0.251 e. The van der Waals surface area contributed by atoms with Gasteiger partial charge in [0.15, 0.2) is 23.1 Å². The summed E-state index contributed by atoms with van der Waals surface area (Å²) in [7, 11) is 1.40. The van der Waals surface area contributed by atoms with Crippen LogP contribution < -0.4 is 19.5 Å². The van der Waals surface area contributed by atoms with Crippen LogP contribution in [-0.2, 0) is 11.2 Å². The molecule has 2 aliphatic rings. The highest BCUT2D eigenvalue weighted by Gasteiger charge is 2.42. The van der Waals surface area contributed by atoms with Crippen molar-refractivity contribution in [2.45, 2.75) is 44.3 Å². The van der Waals surface area contributed by atoms with Crippen molar-refractivity contribution in [1.82, 2.24) is 0 Å². The summed E-state index contributed by atoms with van der Waals surface area (Å²) in [6.45, 7) is 0. The zero-order valence-electron chi connectivity index (χ0n) is 15.2. The van der Waals surface area contributed by atoms with E-state index in [2.05, 4.69) is 5.32 Å². The SMILES string of the molecule is COc1ccc(CC(=O)Nc2ccc3c(c2)OC2(CCCCC2)O3)cc1F. The Morgan fingerprint density at radius 3 is 2.63 bits per heavy atom. The Labute approximate surface area is 157 Å². The number of methoxy groups -OCH3 is 1. The molecular formula is C21H22FNO4. The van der Waals surface area contributed by atoms with Gasteiger partial charge in [0.1, 0.15) is 0 Å². The second-order valence-electron chi connectivity index (χ2n) is 7.03. The monoisotopic (exact) mass is 371 g/mol. The third-order valence-corrected chi connectivity index (χ3v) is 5.02. The Bertz CT molecular complexity index is 861. The molecular weight excluding hydrogens is 349 g/mol. The standard InChI is InChI=1S/C21H22FNO4/c1-25-17-7-5-14(11-16(17)22)12-20(24)23-15-6-8-18-19(13-15)27-21(26-18)9-3-2-4-10-21/h5-8,11,13H,2-4,9-10,12H2,1H3,(H,23,24). The van der Waals surface area contributed by atoms with Crippen molar-refractivity contribution in [3.05, 3.63) is 47.8 Å². The van der Waals surface area contributed by atoms with E-state index in [1.807, 2.05) is 6.07 Å². The van der Waals surface area contributed by atoms with Crippen molar-refractivity contribution in [2.24, 2.45) is 0 Å². The van der Waals surface area contributed by atoms with Crippen molar-refractivity contribution in [3.63, 3.8) is 0 Å². The molecule has 5 nitrogen and oxygen atoms in total. The fraction of sp³-hybridized carbons (Fsp3) is 0.381. The summed E-state index contributed by atoms with van der Waals surface area (Å²) in [5, 5.41) is 2.83. The first-order valence-corrected chi connectivity index (χ1v) is 9.21. The Morgan fingerprint density at radius 2 is 1.89 bits per heavy atom. The minimum atomic E-state index is -0.538. The zero-order chi connectivity index (χ0) is 18.9. The van der Waals surface area contributed by atoms with Crippen LogP contribution in [0.25, 0.3) is 0 Å². The normalized spacial score (nSPS) is 17.0. The van der Waals surface area contributed by atoms with Crippen molar-refractivity contribution < 1.29 is 23.4 Å². The Hall–Kier alpha value is -2.76. The number of amides is 1. The molecule has 0 bridgehead atoms. The fourth-order valence-corrected chi connectivity index (χ4v) is 3.68. The van der Waals surface area contributed by atoms with Crippen molar-refractivity contribution in [3.8, 4) is 17.2 Å². The molecule has 1 aliphatic carbocycles. The van der Waals surface area contributed by atoms with E-state index in [0.29, 0.717) is 22.7 Å². The van der Waals surface area contributed by atoms with Crippen molar-refractivity contribution >= 4 is 11.6 Å². The molecule has 6 heteroatoms. The largest absolute Gasteiger partial charge is 0.494 e.